The number of ether oxygens (including phenoxy) is 3. The van der Waals surface area contributed by atoms with Gasteiger partial charge in [-0.2, -0.15) is 0 Å². The Morgan fingerprint density at radius 3 is 2.58 bits per heavy atom. The number of methoxy groups -OCH3 is 1. The second-order valence-corrected chi connectivity index (χ2v) is 7.37. The minimum Gasteiger partial charge on any atom is -0.493 e. The third-order valence-corrected chi connectivity index (χ3v) is 4.97. The number of carbonyl (C=O) groups is 1. The van der Waals surface area contributed by atoms with Crippen LogP contribution < -0.4 is 9.47 Å². The van der Waals surface area contributed by atoms with Crippen molar-refractivity contribution < 1.29 is 23.9 Å². The lowest BCUT2D eigenvalue weighted by atomic mass is 10.1. The maximum absolute atomic E-state index is 12.4. The van der Waals surface area contributed by atoms with Crippen LogP contribution in [0.25, 0.3) is 6.08 Å². The molecule has 0 radical (unpaired) electrons. The molecule has 0 fully saturated rings. The molecule has 8 nitrogen and oxygen atoms in total. The molecule has 0 aromatic heterocycles. The first-order valence-corrected chi connectivity index (χ1v) is 10.1. The highest BCUT2D eigenvalue weighted by Gasteiger charge is 2.25. The fourth-order valence-electron chi connectivity index (χ4n) is 3.15. The van der Waals surface area contributed by atoms with Gasteiger partial charge in [0.25, 0.3) is 5.69 Å². The quantitative estimate of drug-likeness (QED) is 0.207. The highest BCUT2D eigenvalue weighted by atomic mass is 35.5. The summed E-state index contributed by atoms with van der Waals surface area (Å²) < 4.78 is 16.7. The number of para-hydroxylation sites is 1. The van der Waals surface area contributed by atoms with E-state index in [-0.39, 0.29) is 23.9 Å². The third kappa shape index (κ3) is 5.02. The van der Waals surface area contributed by atoms with Crippen LogP contribution in [0.1, 0.15) is 16.7 Å². The van der Waals surface area contributed by atoms with Crippen molar-refractivity contribution in [1.29, 1.82) is 0 Å². The number of aliphatic imine (C=N–C) groups is 1. The van der Waals surface area contributed by atoms with Crippen molar-refractivity contribution in [3.63, 3.8) is 0 Å². The van der Waals surface area contributed by atoms with E-state index >= 15 is 0 Å². The van der Waals surface area contributed by atoms with Gasteiger partial charge >= 0.3 is 5.97 Å². The lowest BCUT2D eigenvalue weighted by molar-refractivity contribution is -0.384. The van der Waals surface area contributed by atoms with E-state index in [2.05, 4.69) is 4.99 Å². The van der Waals surface area contributed by atoms with Gasteiger partial charge in [0, 0.05) is 28.3 Å². The molecule has 166 valence electrons. The minimum atomic E-state index is -0.646. The van der Waals surface area contributed by atoms with Gasteiger partial charge < -0.3 is 14.2 Å². The molecule has 1 aliphatic heterocycles. The number of hydrogen-bond donors (Lipinski definition) is 0. The number of esters is 1. The highest BCUT2D eigenvalue weighted by molar-refractivity contribution is 6.30. The van der Waals surface area contributed by atoms with Crippen LogP contribution in [0.15, 0.2) is 77.4 Å². The summed E-state index contributed by atoms with van der Waals surface area (Å²) in [7, 11) is 1.52. The predicted molar refractivity (Wildman–Crippen MR) is 122 cm³/mol. The summed E-state index contributed by atoms with van der Waals surface area (Å²) in [5.74, 6) is 0.328. The monoisotopic (exact) mass is 464 g/mol. The molecule has 0 aliphatic carbocycles. The first-order chi connectivity index (χ1) is 15.9. The molecule has 4 rings (SSSR count). The molecule has 0 atom stereocenters. The summed E-state index contributed by atoms with van der Waals surface area (Å²) in [6.07, 6.45) is 1.54. The largest absolute Gasteiger partial charge is 0.493 e. The molecule has 0 amide bonds. The summed E-state index contributed by atoms with van der Waals surface area (Å²) in [5, 5.41) is 11.4. The van der Waals surface area contributed by atoms with Gasteiger partial charge in [0.05, 0.1) is 12.0 Å². The van der Waals surface area contributed by atoms with Crippen molar-refractivity contribution in [3.8, 4) is 11.5 Å². The van der Waals surface area contributed by atoms with E-state index in [0.29, 0.717) is 27.6 Å². The van der Waals surface area contributed by atoms with Crippen molar-refractivity contribution >= 4 is 35.2 Å². The molecule has 0 unspecified atom stereocenters. The van der Waals surface area contributed by atoms with Crippen LogP contribution in [0.4, 0.5) is 5.69 Å². The Labute approximate surface area is 193 Å². The van der Waals surface area contributed by atoms with Gasteiger partial charge in [-0.15, -0.1) is 0 Å². The number of halogens is 1. The molecular formula is C24H17ClN2O6. The first-order valence-electron chi connectivity index (χ1n) is 9.76. The normalized spacial score (nSPS) is 14.1. The summed E-state index contributed by atoms with van der Waals surface area (Å²) in [6.45, 7) is 0.235. The zero-order chi connectivity index (χ0) is 23.4. The number of nitro groups is 1. The molecule has 33 heavy (non-hydrogen) atoms. The molecule has 0 bridgehead atoms. The van der Waals surface area contributed by atoms with Gasteiger partial charge in [-0.3, -0.25) is 10.1 Å². The second-order valence-electron chi connectivity index (χ2n) is 6.94. The van der Waals surface area contributed by atoms with Gasteiger partial charge in [-0.05, 0) is 42.0 Å². The molecular weight excluding hydrogens is 448 g/mol. The summed E-state index contributed by atoms with van der Waals surface area (Å²) >= 11 is 6.04. The molecule has 1 aliphatic rings. The van der Waals surface area contributed by atoms with Crippen molar-refractivity contribution in [2.24, 2.45) is 4.99 Å². The van der Waals surface area contributed by atoms with Gasteiger partial charge in [-0.1, -0.05) is 35.9 Å². The SMILES string of the molecule is COc1cccc(/C=C2\N=C(c3ccc([N+](=O)[O-])cc3)OC2=O)c1OCc1cccc(Cl)c1. The number of benzene rings is 3. The Morgan fingerprint density at radius 2 is 1.88 bits per heavy atom. The van der Waals surface area contributed by atoms with Gasteiger partial charge in [0.15, 0.2) is 17.2 Å². The maximum atomic E-state index is 12.4. The van der Waals surface area contributed by atoms with E-state index in [1.165, 1.54) is 37.5 Å². The fraction of sp³-hybridized carbons (Fsp3) is 0.0833. The van der Waals surface area contributed by atoms with Crippen LogP contribution in [0, 0.1) is 10.1 Å². The Morgan fingerprint density at radius 1 is 1.12 bits per heavy atom. The van der Waals surface area contributed by atoms with Crippen molar-refractivity contribution in [3.05, 3.63) is 104 Å². The van der Waals surface area contributed by atoms with Gasteiger partial charge in [0.2, 0.25) is 5.90 Å². The fourth-order valence-corrected chi connectivity index (χ4v) is 3.36. The standard InChI is InChI=1S/C24H17ClN2O6/c1-31-21-7-3-5-17(22(21)32-14-15-4-2-6-18(25)12-15)13-20-24(28)33-23(26-20)16-8-10-19(11-9-16)27(29)30/h2-13H,14H2,1H3/b20-13-. The van der Waals surface area contributed by atoms with Crippen LogP contribution in [-0.4, -0.2) is 23.9 Å². The Balaban J connectivity index is 1.63. The predicted octanol–water partition coefficient (Wildman–Crippen LogP) is 5.18. The molecule has 3 aromatic rings. The number of carbonyl (C=O) groups excluding carboxylic acids is 1. The minimum absolute atomic E-state index is 0.0595. The third-order valence-electron chi connectivity index (χ3n) is 4.74. The Bertz CT molecular complexity index is 1280. The lowest BCUT2D eigenvalue weighted by Crippen LogP contribution is -2.05. The molecule has 0 N–H and O–H groups in total. The zero-order valence-corrected chi connectivity index (χ0v) is 18.1. The van der Waals surface area contributed by atoms with E-state index in [1.807, 2.05) is 12.1 Å². The van der Waals surface area contributed by atoms with Crippen molar-refractivity contribution in [2.75, 3.05) is 7.11 Å². The Kier molecular flexibility index (Phi) is 6.37. The molecule has 0 spiro atoms. The number of rotatable bonds is 7. The smallest absolute Gasteiger partial charge is 0.363 e. The van der Waals surface area contributed by atoms with E-state index < -0.39 is 10.9 Å². The summed E-state index contributed by atoms with van der Waals surface area (Å²) in [6, 6.07) is 18.1. The molecule has 9 heteroatoms. The van der Waals surface area contributed by atoms with Crippen LogP contribution in [0.2, 0.25) is 5.02 Å². The van der Waals surface area contributed by atoms with Crippen LogP contribution in [-0.2, 0) is 16.1 Å². The maximum Gasteiger partial charge on any atom is 0.363 e. The lowest BCUT2D eigenvalue weighted by Gasteiger charge is -2.13. The van der Waals surface area contributed by atoms with Crippen molar-refractivity contribution in [2.45, 2.75) is 6.61 Å². The van der Waals surface area contributed by atoms with Crippen LogP contribution in [0.3, 0.4) is 0 Å². The topological polar surface area (TPSA) is 100 Å². The molecule has 1 heterocycles. The average Bonchev–Trinajstić information content (AvgIpc) is 3.18. The average molecular weight is 465 g/mol. The van der Waals surface area contributed by atoms with E-state index in [4.69, 9.17) is 25.8 Å². The van der Waals surface area contributed by atoms with E-state index in [9.17, 15) is 14.9 Å². The first kappa shape index (κ1) is 22.0. The number of hydrogen-bond acceptors (Lipinski definition) is 7. The Hall–Kier alpha value is -4.17. The van der Waals surface area contributed by atoms with Gasteiger partial charge in [0.1, 0.15) is 6.61 Å². The molecule has 0 saturated heterocycles. The number of cyclic esters (lactones) is 1. The number of non-ortho nitro benzene ring substituents is 1. The van der Waals surface area contributed by atoms with Crippen molar-refractivity contribution in [1.82, 2.24) is 0 Å². The summed E-state index contributed by atoms with van der Waals surface area (Å²) in [5.41, 5.74) is 1.87. The van der Waals surface area contributed by atoms with Gasteiger partial charge in [-0.25, -0.2) is 9.79 Å². The molecule has 3 aromatic carbocycles. The zero-order valence-electron chi connectivity index (χ0n) is 17.4. The number of nitrogens with zero attached hydrogens (tertiary/aromatic N) is 2. The highest BCUT2D eigenvalue weighted by Crippen LogP contribution is 2.34. The summed E-state index contributed by atoms with van der Waals surface area (Å²) in [4.78, 5) is 27.0. The van der Waals surface area contributed by atoms with Crippen LogP contribution >= 0.6 is 11.6 Å². The van der Waals surface area contributed by atoms with E-state index in [0.717, 1.165) is 5.56 Å². The second kappa shape index (κ2) is 9.54. The number of nitro benzene ring substituents is 1. The molecule has 0 saturated carbocycles. The van der Waals surface area contributed by atoms with E-state index in [1.54, 1.807) is 30.3 Å². The van der Waals surface area contributed by atoms with Crippen LogP contribution in [0.5, 0.6) is 11.5 Å².